The van der Waals surface area contributed by atoms with E-state index in [2.05, 4.69) is 15.6 Å². The van der Waals surface area contributed by atoms with Crippen LogP contribution < -0.4 is 10.6 Å². The monoisotopic (exact) mass is 367 g/mol. The normalized spacial score (nSPS) is 10.7. The molecule has 0 bridgehead atoms. The van der Waals surface area contributed by atoms with Gasteiger partial charge in [0.05, 0.1) is 10.2 Å². The largest absolute Gasteiger partial charge is 0.326 e. The molecular formula is C20H21N3O2S. The number of carbonyl (C=O) groups is 2. The minimum absolute atomic E-state index is 0.00316. The van der Waals surface area contributed by atoms with Crippen molar-refractivity contribution in [1.29, 1.82) is 0 Å². The van der Waals surface area contributed by atoms with Crippen molar-refractivity contribution in [2.45, 2.75) is 33.6 Å². The van der Waals surface area contributed by atoms with E-state index < -0.39 is 0 Å². The summed E-state index contributed by atoms with van der Waals surface area (Å²) < 4.78 is 1.00. The fourth-order valence-electron chi connectivity index (χ4n) is 2.63. The fourth-order valence-corrected chi connectivity index (χ4v) is 3.60. The van der Waals surface area contributed by atoms with Gasteiger partial charge in [-0.3, -0.25) is 9.59 Å². The van der Waals surface area contributed by atoms with Gasteiger partial charge in [-0.1, -0.05) is 23.5 Å². The van der Waals surface area contributed by atoms with Crippen LogP contribution in [0.4, 0.5) is 10.8 Å². The van der Waals surface area contributed by atoms with Crippen LogP contribution >= 0.6 is 11.3 Å². The van der Waals surface area contributed by atoms with Crippen LogP contribution in [0.5, 0.6) is 0 Å². The molecule has 2 amide bonds. The van der Waals surface area contributed by atoms with Gasteiger partial charge in [0.2, 0.25) is 11.8 Å². The van der Waals surface area contributed by atoms with E-state index in [0.717, 1.165) is 27.0 Å². The van der Waals surface area contributed by atoms with E-state index in [0.29, 0.717) is 18.0 Å². The molecule has 3 aromatic rings. The molecule has 26 heavy (non-hydrogen) atoms. The van der Waals surface area contributed by atoms with Crippen molar-refractivity contribution in [3.63, 3.8) is 0 Å². The first-order valence-corrected chi connectivity index (χ1v) is 9.26. The summed E-state index contributed by atoms with van der Waals surface area (Å²) in [4.78, 5) is 27.7. The number of aryl methyl sites for hydroxylation is 3. The minimum Gasteiger partial charge on any atom is -0.326 e. The minimum atomic E-state index is -0.132. The zero-order valence-electron chi connectivity index (χ0n) is 15.1. The number of nitrogens with zero attached hydrogens (tertiary/aromatic N) is 1. The van der Waals surface area contributed by atoms with E-state index in [-0.39, 0.29) is 11.8 Å². The van der Waals surface area contributed by atoms with Gasteiger partial charge in [-0.05, 0) is 61.2 Å². The molecular weight excluding hydrogens is 346 g/mol. The zero-order chi connectivity index (χ0) is 18.7. The Morgan fingerprint density at radius 2 is 1.85 bits per heavy atom. The van der Waals surface area contributed by atoms with Gasteiger partial charge in [-0.15, -0.1) is 0 Å². The summed E-state index contributed by atoms with van der Waals surface area (Å²) in [5.74, 6) is -0.135. The average molecular weight is 367 g/mol. The highest BCUT2D eigenvalue weighted by Crippen LogP contribution is 2.27. The third-order valence-corrected chi connectivity index (χ3v) is 5.10. The maximum absolute atomic E-state index is 12.2. The van der Waals surface area contributed by atoms with Crippen molar-refractivity contribution < 1.29 is 9.59 Å². The SMILES string of the molecule is CC(=O)Nc1nc2ccc(CCC(=O)Nc3ccc(C)c(C)c3)cc2s1. The number of fused-ring (bicyclic) bond motifs is 1. The van der Waals surface area contributed by atoms with Gasteiger partial charge in [0, 0.05) is 19.0 Å². The molecule has 0 aliphatic carbocycles. The van der Waals surface area contributed by atoms with Gasteiger partial charge in [-0.25, -0.2) is 4.98 Å². The number of nitrogens with one attached hydrogen (secondary N) is 2. The van der Waals surface area contributed by atoms with Crippen LogP contribution in [0.15, 0.2) is 36.4 Å². The Bertz CT molecular complexity index is 978. The van der Waals surface area contributed by atoms with E-state index in [1.807, 2.05) is 50.2 Å². The highest BCUT2D eigenvalue weighted by Gasteiger charge is 2.08. The lowest BCUT2D eigenvalue weighted by atomic mass is 10.1. The number of aromatic nitrogens is 1. The Hall–Kier alpha value is -2.73. The Kier molecular flexibility index (Phi) is 5.32. The van der Waals surface area contributed by atoms with Gasteiger partial charge in [0.1, 0.15) is 0 Å². The first-order chi connectivity index (χ1) is 12.4. The van der Waals surface area contributed by atoms with Crippen molar-refractivity contribution in [2.75, 3.05) is 10.6 Å². The van der Waals surface area contributed by atoms with Crippen LogP contribution in [0.3, 0.4) is 0 Å². The molecule has 6 heteroatoms. The molecule has 1 heterocycles. The standard InChI is InChI=1S/C20H21N3O2S/c1-12-4-7-16(10-13(12)2)22-19(25)9-6-15-5-8-17-18(11-15)26-20(23-17)21-14(3)24/h4-5,7-8,10-11H,6,9H2,1-3H3,(H,22,25)(H,21,23,24). The van der Waals surface area contributed by atoms with Crippen molar-refractivity contribution in [2.24, 2.45) is 0 Å². The molecule has 0 unspecified atom stereocenters. The molecule has 2 N–H and O–H groups in total. The van der Waals surface area contributed by atoms with Gasteiger partial charge in [-0.2, -0.15) is 0 Å². The Morgan fingerprint density at radius 3 is 2.58 bits per heavy atom. The smallest absolute Gasteiger partial charge is 0.224 e. The van der Waals surface area contributed by atoms with Gasteiger partial charge >= 0.3 is 0 Å². The Morgan fingerprint density at radius 1 is 1.04 bits per heavy atom. The van der Waals surface area contributed by atoms with E-state index in [1.165, 1.54) is 23.8 Å². The van der Waals surface area contributed by atoms with Crippen molar-refractivity contribution in [3.05, 3.63) is 53.1 Å². The summed E-state index contributed by atoms with van der Waals surface area (Å²) >= 11 is 1.44. The van der Waals surface area contributed by atoms with Gasteiger partial charge in [0.15, 0.2) is 5.13 Å². The molecule has 1 aromatic heterocycles. The number of benzene rings is 2. The quantitative estimate of drug-likeness (QED) is 0.700. The van der Waals surface area contributed by atoms with Crippen LogP contribution in [0.2, 0.25) is 0 Å². The van der Waals surface area contributed by atoms with Crippen LogP contribution in [0, 0.1) is 13.8 Å². The van der Waals surface area contributed by atoms with Crippen molar-refractivity contribution in [1.82, 2.24) is 4.98 Å². The van der Waals surface area contributed by atoms with Crippen LogP contribution in [0.25, 0.3) is 10.2 Å². The van der Waals surface area contributed by atoms with E-state index >= 15 is 0 Å². The Balaban J connectivity index is 1.62. The number of hydrogen-bond acceptors (Lipinski definition) is 4. The molecule has 3 rings (SSSR count). The lowest BCUT2D eigenvalue weighted by molar-refractivity contribution is -0.116. The molecule has 0 spiro atoms. The maximum Gasteiger partial charge on any atom is 0.224 e. The van der Waals surface area contributed by atoms with Crippen molar-refractivity contribution in [3.8, 4) is 0 Å². The number of rotatable bonds is 5. The highest BCUT2D eigenvalue weighted by molar-refractivity contribution is 7.22. The zero-order valence-corrected chi connectivity index (χ0v) is 15.9. The molecule has 0 fully saturated rings. The summed E-state index contributed by atoms with van der Waals surface area (Å²) in [6.07, 6.45) is 1.07. The number of amides is 2. The van der Waals surface area contributed by atoms with E-state index in [4.69, 9.17) is 0 Å². The molecule has 134 valence electrons. The molecule has 2 aromatic carbocycles. The van der Waals surface area contributed by atoms with Crippen LogP contribution in [-0.2, 0) is 16.0 Å². The molecule has 0 saturated heterocycles. The highest BCUT2D eigenvalue weighted by atomic mass is 32.1. The molecule has 5 nitrogen and oxygen atoms in total. The molecule has 0 aliphatic rings. The predicted octanol–water partition coefficient (Wildman–Crippen LogP) is 4.44. The number of carbonyl (C=O) groups excluding carboxylic acids is 2. The second-order valence-electron chi connectivity index (χ2n) is 6.35. The maximum atomic E-state index is 12.2. The predicted molar refractivity (Wildman–Crippen MR) is 107 cm³/mol. The molecule has 0 saturated carbocycles. The molecule has 0 atom stereocenters. The van der Waals surface area contributed by atoms with Crippen LogP contribution in [-0.4, -0.2) is 16.8 Å². The third kappa shape index (κ3) is 4.46. The van der Waals surface area contributed by atoms with E-state index in [9.17, 15) is 9.59 Å². The Labute approximate surface area is 156 Å². The second-order valence-corrected chi connectivity index (χ2v) is 7.38. The number of anilines is 2. The third-order valence-electron chi connectivity index (χ3n) is 4.17. The van der Waals surface area contributed by atoms with Crippen molar-refractivity contribution >= 4 is 44.2 Å². The second kappa shape index (κ2) is 7.66. The molecule has 0 aliphatic heterocycles. The van der Waals surface area contributed by atoms with Crippen LogP contribution in [0.1, 0.15) is 30.0 Å². The average Bonchev–Trinajstić information content (AvgIpc) is 2.97. The number of thiazole rings is 1. The summed E-state index contributed by atoms with van der Waals surface area (Å²) in [7, 11) is 0. The summed E-state index contributed by atoms with van der Waals surface area (Å²) in [5.41, 5.74) is 5.12. The first-order valence-electron chi connectivity index (χ1n) is 8.45. The summed E-state index contributed by atoms with van der Waals surface area (Å²) in [5, 5.41) is 6.25. The van der Waals surface area contributed by atoms with E-state index in [1.54, 1.807) is 0 Å². The lowest BCUT2D eigenvalue weighted by Crippen LogP contribution is -2.12. The lowest BCUT2D eigenvalue weighted by Gasteiger charge is -2.08. The fraction of sp³-hybridized carbons (Fsp3) is 0.250. The van der Waals surface area contributed by atoms with Gasteiger partial charge < -0.3 is 10.6 Å². The number of hydrogen-bond donors (Lipinski definition) is 2. The summed E-state index contributed by atoms with van der Waals surface area (Å²) in [6, 6.07) is 11.8. The molecule has 0 radical (unpaired) electrons. The van der Waals surface area contributed by atoms with Gasteiger partial charge in [0.25, 0.3) is 0 Å². The first kappa shape index (κ1) is 18.1. The summed E-state index contributed by atoms with van der Waals surface area (Å²) in [6.45, 7) is 5.55. The topological polar surface area (TPSA) is 71.1 Å².